The van der Waals surface area contributed by atoms with E-state index in [0.29, 0.717) is 12.1 Å². The minimum Gasteiger partial charge on any atom is -0.507 e. The molecule has 1 fully saturated rings. The number of nitrogens with zero attached hydrogens (tertiary/aromatic N) is 2. The lowest BCUT2D eigenvalue weighted by molar-refractivity contribution is -0.140. The fraction of sp³-hybridized carbons (Fsp3) is 0.238. The molecule has 1 amide bonds. The Morgan fingerprint density at radius 1 is 1.17 bits per heavy atom. The molecule has 1 heterocycles. The summed E-state index contributed by atoms with van der Waals surface area (Å²) in [4.78, 5) is 28.7. The highest BCUT2D eigenvalue weighted by molar-refractivity contribution is 6.46. The average Bonchev–Trinajstić information content (AvgIpc) is 2.93. The first-order valence-corrected chi connectivity index (χ1v) is 9.26. The van der Waals surface area contributed by atoms with E-state index in [9.17, 15) is 24.2 Å². The molecule has 29 heavy (non-hydrogen) atoms. The van der Waals surface area contributed by atoms with E-state index in [4.69, 9.17) is 11.6 Å². The van der Waals surface area contributed by atoms with Crippen LogP contribution < -0.4 is 0 Å². The lowest BCUT2D eigenvalue weighted by Gasteiger charge is -2.26. The highest BCUT2D eigenvalue weighted by Crippen LogP contribution is 2.41. The van der Waals surface area contributed by atoms with Crippen molar-refractivity contribution in [2.75, 3.05) is 27.2 Å². The van der Waals surface area contributed by atoms with Gasteiger partial charge in [0.2, 0.25) is 0 Å². The van der Waals surface area contributed by atoms with Gasteiger partial charge in [-0.25, -0.2) is 4.39 Å². The molecule has 2 N–H and O–H groups in total. The van der Waals surface area contributed by atoms with E-state index >= 15 is 0 Å². The molecule has 0 radical (unpaired) electrons. The van der Waals surface area contributed by atoms with Crippen molar-refractivity contribution in [1.29, 1.82) is 0 Å². The smallest absolute Gasteiger partial charge is 0.295 e. The minimum absolute atomic E-state index is 0.0579. The first-order chi connectivity index (χ1) is 13.7. The van der Waals surface area contributed by atoms with Gasteiger partial charge in [0.05, 0.1) is 16.6 Å². The first kappa shape index (κ1) is 20.8. The number of phenolic OH excluding ortho intramolecular Hbond substituents is 1. The molecule has 0 aromatic heterocycles. The Hall–Kier alpha value is -2.90. The van der Waals surface area contributed by atoms with Gasteiger partial charge in [-0.3, -0.25) is 9.59 Å². The molecule has 3 rings (SSSR count). The molecular formula is C21H20ClFN2O4. The van der Waals surface area contributed by atoms with Crippen LogP contribution in [-0.4, -0.2) is 58.9 Å². The Morgan fingerprint density at radius 2 is 1.83 bits per heavy atom. The van der Waals surface area contributed by atoms with Gasteiger partial charge in [-0.05, 0) is 56.1 Å². The highest BCUT2D eigenvalue weighted by Gasteiger charge is 2.46. The molecule has 1 unspecified atom stereocenters. The van der Waals surface area contributed by atoms with Crippen molar-refractivity contribution in [3.05, 3.63) is 70.0 Å². The largest absolute Gasteiger partial charge is 0.507 e. The van der Waals surface area contributed by atoms with Crippen LogP contribution in [-0.2, 0) is 9.59 Å². The molecule has 6 nitrogen and oxygen atoms in total. The number of likely N-dealkylation sites (N-methyl/N-ethyl adjacent to an activating group) is 1. The van der Waals surface area contributed by atoms with Crippen molar-refractivity contribution in [1.82, 2.24) is 9.80 Å². The van der Waals surface area contributed by atoms with Crippen LogP contribution in [0.5, 0.6) is 5.75 Å². The zero-order valence-electron chi connectivity index (χ0n) is 15.9. The standard InChI is InChI=1S/C21H20ClFN2O4/c1-24(2)9-10-25-18(13-5-8-16(26)15(22)11-13)17(20(28)21(25)29)19(27)12-3-6-14(23)7-4-12/h3-8,11,18,26-27H,9-10H2,1-2H3/b19-17-. The van der Waals surface area contributed by atoms with Gasteiger partial charge in [0.15, 0.2) is 0 Å². The van der Waals surface area contributed by atoms with Crippen LogP contribution in [0.1, 0.15) is 17.2 Å². The number of halogens is 2. The first-order valence-electron chi connectivity index (χ1n) is 8.88. The Bertz CT molecular complexity index is 989. The van der Waals surface area contributed by atoms with Gasteiger partial charge in [-0.2, -0.15) is 0 Å². The Kier molecular flexibility index (Phi) is 5.91. The Balaban J connectivity index is 2.16. The molecule has 1 aliphatic heterocycles. The second-order valence-corrected chi connectivity index (χ2v) is 7.42. The van der Waals surface area contributed by atoms with Crippen LogP contribution >= 0.6 is 11.6 Å². The number of hydrogen-bond donors (Lipinski definition) is 2. The van der Waals surface area contributed by atoms with Gasteiger partial charge < -0.3 is 20.0 Å². The lowest BCUT2D eigenvalue weighted by atomic mass is 9.95. The number of amides is 1. The predicted molar refractivity (Wildman–Crippen MR) is 107 cm³/mol. The van der Waals surface area contributed by atoms with Crippen molar-refractivity contribution in [3.8, 4) is 5.75 Å². The number of ketones is 1. The maximum Gasteiger partial charge on any atom is 0.295 e. The summed E-state index contributed by atoms with van der Waals surface area (Å²) in [6.07, 6.45) is 0. The van der Waals surface area contributed by atoms with E-state index in [1.165, 1.54) is 29.2 Å². The second-order valence-electron chi connectivity index (χ2n) is 7.01. The van der Waals surface area contributed by atoms with Gasteiger partial charge >= 0.3 is 0 Å². The topological polar surface area (TPSA) is 81.1 Å². The molecule has 8 heteroatoms. The van der Waals surface area contributed by atoms with Crippen molar-refractivity contribution in [3.63, 3.8) is 0 Å². The molecule has 0 saturated carbocycles. The summed E-state index contributed by atoms with van der Waals surface area (Å²) in [6, 6.07) is 8.44. The normalized spacial score (nSPS) is 18.7. The summed E-state index contributed by atoms with van der Waals surface area (Å²) in [6.45, 7) is 0.729. The summed E-state index contributed by atoms with van der Waals surface area (Å²) >= 11 is 6.04. The number of carbonyl (C=O) groups excluding carboxylic acids is 2. The number of carbonyl (C=O) groups is 2. The minimum atomic E-state index is -0.891. The number of Topliss-reactive ketones (excluding diaryl/α,β-unsaturated/α-hetero) is 1. The number of benzene rings is 2. The maximum atomic E-state index is 13.3. The van der Waals surface area contributed by atoms with Gasteiger partial charge in [0.1, 0.15) is 17.3 Å². The molecule has 2 aromatic carbocycles. The number of aromatic hydroxyl groups is 1. The van der Waals surface area contributed by atoms with E-state index < -0.39 is 29.3 Å². The molecule has 0 bridgehead atoms. The van der Waals surface area contributed by atoms with Crippen LogP contribution in [0.15, 0.2) is 48.0 Å². The van der Waals surface area contributed by atoms with E-state index in [1.807, 2.05) is 19.0 Å². The summed E-state index contributed by atoms with van der Waals surface area (Å²) < 4.78 is 13.3. The summed E-state index contributed by atoms with van der Waals surface area (Å²) in [5.41, 5.74) is 0.573. The quantitative estimate of drug-likeness (QED) is 0.443. The zero-order chi connectivity index (χ0) is 21.3. The Morgan fingerprint density at radius 3 is 2.41 bits per heavy atom. The number of aliphatic hydroxyl groups excluding tert-OH is 1. The van der Waals surface area contributed by atoms with Gasteiger partial charge in [0.25, 0.3) is 11.7 Å². The molecule has 152 valence electrons. The summed E-state index contributed by atoms with van der Waals surface area (Å²) in [5.74, 6) is -2.61. The second kappa shape index (κ2) is 8.23. The van der Waals surface area contributed by atoms with Crippen LogP contribution in [0.2, 0.25) is 5.02 Å². The van der Waals surface area contributed by atoms with E-state index in [1.54, 1.807) is 6.07 Å². The number of rotatable bonds is 5. The number of aliphatic hydroxyl groups is 1. The molecular weight excluding hydrogens is 399 g/mol. The number of phenols is 1. The average molecular weight is 419 g/mol. The molecule has 2 aromatic rings. The third-order valence-corrected chi connectivity index (χ3v) is 5.04. The fourth-order valence-electron chi connectivity index (χ4n) is 3.22. The van der Waals surface area contributed by atoms with Crippen molar-refractivity contribution in [2.45, 2.75) is 6.04 Å². The molecule has 1 atom stereocenters. The molecule has 1 aliphatic rings. The Labute approximate surface area is 172 Å². The zero-order valence-corrected chi connectivity index (χ0v) is 16.7. The summed E-state index contributed by atoms with van der Waals surface area (Å²) in [7, 11) is 3.67. The van der Waals surface area contributed by atoms with Gasteiger partial charge in [0, 0.05) is 18.7 Å². The van der Waals surface area contributed by atoms with Crippen LogP contribution in [0.4, 0.5) is 4.39 Å². The van der Waals surface area contributed by atoms with E-state index in [0.717, 1.165) is 12.1 Å². The summed E-state index contributed by atoms with van der Waals surface area (Å²) in [5, 5.41) is 20.6. The van der Waals surface area contributed by atoms with Gasteiger partial charge in [-0.15, -0.1) is 0 Å². The fourth-order valence-corrected chi connectivity index (χ4v) is 3.41. The molecule has 0 aliphatic carbocycles. The van der Waals surface area contributed by atoms with Crippen LogP contribution in [0, 0.1) is 5.82 Å². The SMILES string of the molecule is CN(C)CCN1C(=O)C(=O)/C(=C(\O)c2ccc(F)cc2)C1c1ccc(O)c(Cl)c1. The lowest BCUT2D eigenvalue weighted by Crippen LogP contribution is -2.35. The van der Waals surface area contributed by atoms with Crippen LogP contribution in [0.25, 0.3) is 5.76 Å². The van der Waals surface area contributed by atoms with Crippen molar-refractivity contribution in [2.24, 2.45) is 0 Å². The van der Waals surface area contributed by atoms with E-state index in [-0.39, 0.29) is 28.5 Å². The maximum absolute atomic E-state index is 13.3. The molecule has 1 saturated heterocycles. The monoisotopic (exact) mass is 418 g/mol. The third kappa shape index (κ3) is 4.11. The van der Waals surface area contributed by atoms with Crippen molar-refractivity contribution >= 4 is 29.1 Å². The number of likely N-dealkylation sites (tertiary alicyclic amines) is 1. The number of hydrogen-bond acceptors (Lipinski definition) is 5. The van der Waals surface area contributed by atoms with Crippen LogP contribution in [0.3, 0.4) is 0 Å². The van der Waals surface area contributed by atoms with Crippen molar-refractivity contribution < 1.29 is 24.2 Å². The van der Waals surface area contributed by atoms with Gasteiger partial charge in [-0.1, -0.05) is 17.7 Å². The molecule has 0 spiro atoms. The predicted octanol–water partition coefficient (Wildman–Crippen LogP) is 3.17. The third-order valence-electron chi connectivity index (χ3n) is 4.73. The van der Waals surface area contributed by atoms with E-state index in [2.05, 4.69) is 0 Å². The highest BCUT2D eigenvalue weighted by atomic mass is 35.5.